The average Bonchev–Trinajstić information content (AvgIpc) is 2.78. The SMILES string of the molecule is O=C(CSc1nccc(N2CCc3ccccc3C2)n1)Nc1cc(C(F)(F)F)ccc1Cl. The summed E-state index contributed by atoms with van der Waals surface area (Å²) in [6, 6.07) is 12.9. The highest BCUT2D eigenvalue weighted by atomic mass is 35.5. The van der Waals surface area contributed by atoms with Gasteiger partial charge in [-0.05, 0) is 41.8 Å². The molecule has 1 aliphatic heterocycles. The number of thioether (sulfide) groups is 1. The second-order valence-corrected chi connectivity index (χ2v) is 8.52. The normalized spacial score (nSPS) is 13.6. The maximum Gasteiger partial charge on any atom is 0.416 e. The van der Waals surface area contributed by atoms with E-state index in [9.17, 15) is 18.0 Å². The smallest absolute Gasteiger partial charge is 0.352 e. The van der Waals surface area contributed by atoms with Gasteiger partial charge in [0.2, 0.25) is 5.91 Å². The van der Waals surface area contributed by atoms with Crippen LogP contribution in [0.4, 0.5) is 24.7 Å². The Morgan fingerprint density at radius 1 is 1.16 bits per heavy atom. The number of hydrogen-bond acceptors (Lipinski definition) is 5. The summed E-state index contributed by atoms with van der Waals surface area (Å²) in [5, 5.41) is 2.86. The first-order valence-corrected chi connectivity index (χ1v) is 11.1. The Balaban J connectivity index is 1.38. The van der Waals surface area contributed by atoms with Crippen molar-refractivity contribution in [2.45, 2.75) is 24.3 Å². The van der Waals surface area contributed by atoms with Crippen LogP contribution in [0.25, 0.3) is 0 Å². The van der Waals surface area contributed by atoms with Gasteiger partial charge >= 0.3 is 6.18 Å². The summed E-state index contributed by atoms with van der Waals surface area (Å²) in [5.41, 5.74) is 1.61. The van der Waals surface area contributed by atoms with Crippen molar-refractivity contribution in [2.75, 3.05) is 22.5 Å². The van der Waals surface area contributed by atoms with Crippen molar-refractivity contribution >= 4 is 40.8 Å². The number of rotatable bonds is 5. The Kier molecular flexibility index (Phi) is 6.57. The van der Waals surface area contributed by atoms with Gasteiger partial charge in [0.1, 0.15) is 5.82 Å². The summed E-state index contributed by atoms with van der Waals surface area (Å²) < 4.78 is 38.7. The van der Waals surface area contributed by atoms with E-state index < -0.39 is 17.6 Å². The molecule has 0 fully saturated rings. The van der Waals surface area contributed by atoms with Gasteiger partial charge in [-0.2, -0.15) is 13.2 Å². The highest BCUT2D eigenvalue weighted by Crippen LogP contribution is 2.34. The fraction of sp³-hybridized carbons (Fsp3) is 0.227. The summed E-state index contributed by atoms with van der Waals surface area (Å²) >= 11 is 7.03. The lowest BCUT2D eigenvalue weighted by Crippen LogP contribution is -2.31. The van der Waals surface area contributed by atoms with Crippen LogP contribution in [0.3, 0.4) is 0 Å². The molecule has 0 bridgehead atoms. The number of carbonyl (C=O) groups is 1. The van der Waals surface area contributed by atoms with Crippen LogP contribution in [-0.2, 0) is 23.9 Å². The van der Waals surface area contributed by atoms with Gasteiger partial charge in [-0.3, -0.25) is 4.79 Å². The van der Waals surface area contributed by atoms with Crippen molar-refractivity contribution in [3.8, 4) is 0 Å². The van der Waals surface area contributed by atoms with Crippen LogP contribution in [-0.4, -0.2) is 28.2 Å². The molecule has 1 aromatic heterocycles. The van der Waals surface area contributed by atoms with E-state index in [4.69, 9.17) is 11.6 Å². The van der Waals surface area contributed by atoms with E-state index in [1.165, 1.54) is 11.1 Å². The summed E-state index contributed by atoms with van der Waals surface area (Å²) in [4.78, 5) is 23.2. The third kappa shape index (κ3) is 5.34. The van der Waals surface area contributed by atoms with Gasteiger partial charge in [-0.25, -0.2) is 9.97 Å². The molecule has 166 valence electrons. The second-order valence-electron chi connectivity index (χ2n) is 7.17. The van der Waals surface area contributed by atoms with Crippen molar-refractivity contribution in [2.24, 2.45) is 0 Å². The Bertz CT molecular complexity index is 1140. The quantitative estimate of drug-likeness (QED) is 0.391. The molecular weight excluding hydrogens is 461 g/mol. The number of anilines is 2. The van der Waals surface area contributed by atoms with E-state index in [1.54, 1.807) is 6.20 Å². The van der Waals surface area contributed by atoms with E-state index >= 15 is 0 Å². The minimum absolute atomic E-state index is 0.0278. The number of halogens is 4. The van der Waals surface area contributed by atoms with Crippen LogP contribution in [0.2, 0.25) is 5.02 Å². The Morgan fingerprint density at radius 2 is 1.94 bits per heavy atom. The molecule has 1 N–H and O–H groups in total. The third-order valence-corrected chi connectivity index (χ3v) is 6.16. The Labute approximate surface area is 192 Å². The maximum atomic E-state index is 12.9. The third-order valence-electron chi connectivity index (χ3n) is 4.97. The van der Waals surface area contributed by atoms with Gasteiger partial charge in [0.25, 0.3) is 0 Å². The minimum Gasteiger partial charge on any atom is -0.352 e. The fourth-order valence-electron chi connectivity index (χ4n) is 3.38. The molecule has 0 atom stereocenters. The van der Waals surface area contributed by atoms with E-state index in [2.05, 4.69) is 32.3 Å². The van der Waals surface area contributed by atoms with Gasteiger partial charge in [0, 0.05) is 19.3 Å². The van der Waals surface area contributed by atoms with Crippen LogP contribution in [0.15, 0.2) is 59.9 Å². The van der Waals surface area contributed by atoms with Crippen molar-refractivity contribution in [3.63, 3.8) is 0 Å². The molecule has 2 aromatic carbocycles. The summed E-state index contributed by atoms with van der Waals surface area (Å²) in [7, 11) is 0. The molecule has 3 aromatic rings. The summed E-state index contributed by atoms with van der Waals surface area (Å²) in [6.07, 6.45) is -1.97. The number of aromatic nitrogens is 2. The predicted molar refractivity (Wildman–Crippen MR) is 119 cm³/mol. The number of amides is 1. The van der Waals surface area contributed by atoms with E-state index in [0.29, 0.717) is 5.16 Å². The zero-order chi connectivity index (χ0) is 22.7. The monoisotopic (exact) mass is 478 g/mol. The first kappa shape index (κ1) is 22.4. The van der Waals surface area contributed by atoms with Crippen LogP contribution in [0.5, 0.6) is 0 Å². The van der Waals surface area contributed by atoms with Gasteiger partial charge in [-0.1, -0.05) is 47.6 Å². The molecule has 4 rings (SSSR count). The van der Waals surface area contributed by atoms with Crippen LogP contribution < -0.4 is 10.2 Å². The zero-order valence-electron chi connectivity index (χ0n) is 16.7. The largest absolute Gasteiger partial charge is 0.416 e. The lowest BCUT2D eigenvalue weighted by Gasteiger charge is -2.29. The average molecular weight is 479 g/mol. The number of hydrogen-bond donors (Lipinski definition) is 1. The molecule has 1 aliphatic rings. The summed E-state index contributed by atoms with van der Waals surface area (Å²) in [6.45, 7) is 1.57. The molecule has 2 heterocycles. The maximum absolute atomic E-state index is 12.9. The van der Waals surface area contributed by atoms with Crippen molar-refractivity contribution < 1.29 is 18.0 Å². The Morgan fingerprint density at radius 3 is 2.72 bits per heavy atom. The molecule has 0 spiro atoms. The number of alkyl halides is 3. The number of fused-ring (bicyclic) bond motifs is 1. The lowest BCUT2D eigenvalue weighted by molar-refractivity contribution is -0.137. The highest BCUT2D eigenvalue weighted by Gasteiger charge is 2.31. The molecule has 1 amide bonds. The standard InChI is InChI=1S/C22H18ClF3N4OS/c23-17-6-5-16(22(24,25)26)11-18(17)28-20(31)13-32-21-27-9-7-19(29-21)30-10-8-14-3-1-2-4-15(14)12-30/h1-7,9,11H,8,10,12-13H2,(H,28,31). The highest BCUT2D eigenvalue weighted by molar-refractivity contribution is 7.99. The fourth-order valence-corrected chi connectivity index (χ4v) is 4.17. The molecule has 32 heavy (non-hydrogen) atoms. The zero-order valence-corrected chi connectivity index (χ0v) is 18.3. The van der Waals surface area contributed by atoms with Gasteiger partial charge in [-0.15, -0.1) is 0 Å². The number of nitrogens with zero attached hydrogens (tertiary/aromatic N) is 3. The molecule has 0 saturated heterocycles. The molecule has 5 nitrogen and oxygen atoms in total. The minimum atomic E-state index is -4.53. The van der Waals surface area contributed by atoms with E-state index in [0.717, 1.165) is 55.3 Å². The van der Waals surface area contributed by atoms with Crippen molar-refractivity contribution in [1.82, 2.24) is 9.97 Å². The second kappa shape index (κ2) is 9.38. The van der Waals surface area contributed by atoms with Crippen LogP contribution >= 0.6 is 23.4 Å². The van der Waals surface area contributed by atoms with Crippen LogP contribution in [0, 0.1) is 0 Å². The first-order valence-electron chi connectivity index (χ1n) is 9.74. The Hall–Kier alpha value is -2.78. The van der Waals surface area contributed by atoms with Crippen molar-refractivity contribution in [1.29, 1.82) is 0 Å². The molecule has 0 aliphatic carbocycles. The summed E-state index contributed by atoms with van der Waals surface area (Å²) in [5.74, 6) is 0.189. The van der Waals surface area contributed by atoms with Gasteiger partial charge in [0.15, 0.2) is 5.16 Å². The van der Waals surface area contributed by atoms with Gasteiger partial charge in [0.05, 0.1) is 22.0 Å². The van der Waals surface area contributed by atoms with E-state index in [-0.39, 0.29) is 16.5 Å². The molecule has 10 heteroatoms. The number of carbonyl (C=O) groups excluding carboxylic acids is 1. The predicted octanol–water partition coefficient (Wildman–Crippen LogP) is 5.44. The van der Waals surface area contributed by atoms with E-state index in [1.807, 2.05) is 18.2 Å². The first-order chi connectivity index (χ1) is 15.3. The van der Waals surface area contributed by atoms with Gasteiger partial charge < -0.3 is 10.2 Å². The van der Waals surface area contributed by atoms with Crippen LogP contribution in [0.1, 0.15) is 16.7 Å². The molecule has 0 unspecified atom stereocenters. The van der Waals surface area contributed by atoms with Crippen molar-refractivity contribution in [3.05, 3.63) is 76.4 Å². The topological polar surface area (TPSA) is 58.1 Å². The number of nitrogens with one attached hydrogen (secondary N) is 1. The lowest BCUT2D eigenvalue weighted by atomic mass is 10.00. The molecule has 0 radical (unpaired) electrons. The molecular formula is C22H18ClF3N4OS. The number of benzene rings is 2. The molecule has 0 saturated carbocycles.